The second-order valence-corrected chi connectivity index (χ2v) is 12.9. The van der Waals surface area contributed by atoms with Gasteiger partial charge >= 0.3 is 0 Å². The van der Waals surface area contributed by atoms with E-state index in [2.05, 4.69) is 119 Å². The Morgan fingerprint density at radius 3 is 0.931 bits per heavy atom. The summed E-state index contributed by atoms with van der Waals surface area (Å²) in [5, 5.41) is 0. The Balaban J connectivity index is 2.52. The van der Waals surface area contributed by atoms with Crippen LogP contribution in [-0.2, 0) is 28.1 Å². The third-order valence-electron chi connectivity index (χ3n) is 5.81. The summed E-state index contributed by atoms with van der Waals surface area (Å²) in [4.78, 5) is 0. The first-order valence-corrected chi connectivity index (χ1v) is 11.2. The Morgan fingerprint density at radius 2 is 0.690 bits per heavy atom. The zero-order chi connectivity index (χ0) is 22.4. The number of benzene rings is 2. The van der Waals surface area contributed by atoms with Gasteiger partial charge in [0.25, 0.3) is 0 Å². The SMILES string of the molecule is CC(C)(C)c1ccc(Cc2ccc(C(C)(C)C)c(C(C)(C)C)c2)cc1C(C)(C)C. The number of rotatable bonds is 2. The Bertz CT molecular complexity index is 779. The van der Waals surface area contributed by atoms with E-state index in [0.29, 0.717) is 0 Å². The van der Waals surface area contributed by atoms with Gasteiger partial charge in [-0.3, -0.25) is 0 Å². The van der Waals surface area contributed by atoms with E-state index in [1.54, 1.807) is 0 Å². The van der Waals surface area contributed by atoms with E-state index in [9.17, 15) is 0 Å². The number of hydrogen-bond acceptors (Lipinski definition) is 0. The van der Waals surface area contributed by atoms with Gasteiger partial charge in [0.2, 0.25) is 0 Å². The van der Waals surface area contributed by atoms with Crippen molar-refractivity contribution in [3.63, 3.8) is 0 Å². The van der Waals surface area contributed by atoms with E-state index >= 15 is 0 Å². The van der Waals surface area contributed by atoms with Crippen molar-refractivity contribution >= 4 is 0 Å². The summed E-state index contributed by atoms with van der Waals surface area (Å²) in [6, 6.07) is 14.3. The molecule has 0 fully saturated rings. The molecule has 0 saturated carbocycles. The Hall–Kier alpha value is -1.56. The summed E-state index contributed by atoms with van der Waals surface area (Å²) in [5.41, 5.74) is 9.31. The van der Waals surface area contributed by atoms with Gasteiger partial charge < -0.3 is 0 Å². The first kappa shape index (κ1) is 23.7. The van der Waals surface area contributed by atoms with Crippen LogP contribution in [0.15, 0.2) is 36.4 Å². The Kier molecular flexibility index (Phi) is 6.22. The lowest BCUT2D eigenvalue weighted by Crippen LogP contribution is -2.22. The van der Waals surface area contributed by atoms with Crippen LogP contribution in [0.1, 0.15) is 116 Å². The molecule has 0 radical (unpaired) electrons. The van der Waals surface area contributed by atoms with Gasteiger partial charge in [-0.15, -0.1) is 0 Å². The van der Waals surface area contributed by atoms with Crippen LogP contribution in [0.5, 0.6) is 0 Å². The maximum Gasteiger partial charge on any atom is -0.00256 e. The molecule has 0 aliphatic carbocycles. The first-order chi connectivity index (χ1) is 12.9. The van der Waals surface area contributed by atoms with E-state index in [1.807, 2.05) is 0 Å². The van der Waals surface area contributed by atoms with E-state index in [4.69, 9.17) is 0 Å². The fourth-order valence-electron chi connectivity index (χ4n) is 4.19. The van der Waals surface area contributed by atoms with Crippen LogP contribution in [0.25, 0.3) is 0 Å². The predicted octanol–water partition coefficient (Wildman–Crippen LogP) is 8.47. The topological polar surface area (TPSA) is 0 Å². The first-order valence-electron chi connectivity index (χ1n) is 11.2. The lowest BCUT2D eigenvalue weighted by atomic mass is 9.73. The quantitative estimate of drug-likeness (QED) is 0.481. The molecule has 2 aromatic rings. The molecule has 0 N–H and O–H groups in total. The second kappa shape index (κ2) is 7.60. The minimum Gasteiger partial charge on any atom is -0.0584 e. The maximum atomic E-state index is 2.45. The van der Waals surface area contributed by atoms with Crippen molar-refractivity contribution in [3.8, 4) is 0 Å². The lowest BCUT2D eigenvalue weighted by Gasteiger charge is -2.31. The number of hydrogen-bond donors (Lipinski definition) is 0. The van der Waals surface area contributed by atoms with Crippen molar-refractivity contribution in [2.45, 2.75) is 111 Å². The largest absolute Gasteiger partial charge is 0.0584 e. The van der Waals surface area contributed by atoms with Crippen LogP contribution in [0.3, 0.4) is 0 Å². The van der Waals surface area contributed by atoms with Crippen LogP contribution < -0.4 is 0 Å². The average Bonchev–Trinajstić information content (AvgIpc) is 2.51. The highest BCUT2D eigenvalue weighted by molar-refractivity contribution is 5.45. The molecule has 0 heterocycles. The van der Waals surface area contributed by atoms with Gasteiger partial charge in [0, 0.05) is 0 Å². The summed E-state index contributed by atoms with van der Waals surface area (Å²) < 4.78 is 0. The molecule has 160 valence electrons. The molecular formula is C29H44. The Morgan fingerprint density at radius 1 is 0.414 bits per heavy atom. The van der Waals surface area contributed by atoms with Crippen LogP contribution in [0, 0.1) is 0 Å². The monoisotopic (exact) mass is 392 g/mol. The van der Waals surface area contributed by atoms with E-state index in [-0.39, 0.29) is 21.7 Å². The highest BCUT2D eigenvalue weighted by Crippen LogP contribution is 2.37. The zero-order valence-corrected chi connectivity index (χ0v) is 21.2. The molecule has 0 aromatic heterocycles. The normalized spacial score (nSPS) is 13.7. The molecule has 0 spiro atoms. The zero-order valence-electron chi connectivity index (χ0n) is 21.2. The third-order valence-corrected chi connectivity index (χ3v) is 5.81. The molecule has 0 saturated heterocycles. The molecule has 0 atom stereocenters. The van der Waals surface area contributed by atoms with Crippen molar-refractivity contribution in [1.29, 1.82) is 0 Å². The minimum absolute atomic E-state index is 0.144. The molecule has 0 bridgehead atoms. The second-order valence-electron chi connectivity index (χ2n) is 12.9. The third kappa shape index (κ3) is 5.74. The van der Waals surface area contributed by atoms with Gasteiger partial charge in [-0.1, -0.05) is 119 Å². The molecule has 0 aliphatic heterocycles. The Labute approximate surface area is 181 Å². The molecule has 2 aromatic carbocycles. The minimum atomic E-state index is 0.144. The van der Waals surface area contributed by atoms with E-state index < -0.39 is 0 Å². The molecule has 0 heteroatoms. The highest BCUT2D eigenvalue weighted by Gasteiger charge is 2.27. The van der Waals surface area contributed by atoms with Gasteiger partial charge in [-0.05, 0) is 61.5 Å². The van der Waals surface area contributed by atoms with Crippen LogP contribution in [0.4, 0.5) is 0 Å². The summed E-state index contributed by atoms with van der Waals surface area (Å²) in [6.45, 7) is 27.9. The van der Waals surface area contributed by atoms with Crippen molar-refractivity contribution in [2.24, 2.45) is 0 Å². The van der Waals surface area contributed by atoms with Crippen molar-refractivity contribution < 1.29 is 0 Å². The predicted molar refractivity (Wildman–Crippen MR) is 130 cm³/mol. The molecule has 0 unspecified atom stereocenters. The highest BCUT2D eigenvalue weighted by atomic mass is 14.3. The molecule has 2 rings (SSSR count). The van der Waals surface area contributed by atoms with Crippen LogP contribution >= 0.6 is 0 Å². The molecule has 0 amide bonds. The van der Waals surface area contributed by atoms with E-state index in [0.717, 1.165) is 6.42 Å². The van der Waals surface area contributed by atoms with Gasteiger partial charge in [0.05, 0.1) is 0 Å². The van der Waals surface area contributed by atoms with E-state index in [1.165, 1.54) is 33.4 Å². The fraction of sp³-hybridized carbons (Fsp3) is 0.586. The molecule has 0 aliphatic rings. The van der Waals surface area contributed by atoms with Crippen LogP contribution in [-0.4, -0.2) is 0 Å². The molecular weight excluding hydrogens is 348 g/mol. The van der Waals surface area contributed by atoms with Gasteiger partial charge in [0.1, 0.15) is 0 Å². The summed E-state index contributed by atoms with van der Waals surface area (Å²) in [7, 11) is 0. The lowest BCUT2D eigenvalue weighted by molar-refractivity contribution is 0.528. The van der Waals surface area contributed by atoms with Gasteiger partial charge in [0.15, 0.2) is 0 Å². The standard InChI is InChI=1S/C29H44/c1-26(2,3)22-15-13-20(18-24(22)28(7,8)9)17-21-14-16-23(27(4,5)6)25(19-21)29(10,11)12/h13-16,18-19H,17H2,1-12H3. The van der Waals surface area contributed by atoms with Gasteiger partial charge in [-0.25, -0.2) is 0 Å². The van der Waals surface area contributed by atoms with Crippen LogP contribution in [0.2, 0.25) is 0 Å². The fourth-order valence-corrected chi connectivity index (χ4v) is 4.19. The smallest absolute Gasteiger partial charge is 0.00256 e. The van der Waals surface area contributed by atoms with Crippen molar-refractivity contribution in [2.75, 3.05) is 0 Å². The average molecular weight is 393 g/mol. The summed E-state index contributed by atoms with van der Waals surface area (Å²) in [6.07, 6.45) is 0.987. The summed E-state index contributed by atoms with van der Waals surface area (Å²) >= 11 is 0. The van der Waals surface area contributed by atoms with Gasteiger partial charge in [-0.2, -0.15) is 0 Å². The molecule has 0 nitrogen and oxygen atoms in total. The van der Waals surface area contributed by atoms with Crippen molar-refractivity contribution in [1.82, 2.24) is 0 Å². The maximum absolute atomic E-state index is 2.45. The molecule has 29 heavy (non-hydrogen) atoms. The summed E-state index contributed by atoms with van der Waals surface area (Å²) in [5.74, 6) is 0. The van der Waals surface area contributed by atoms with Crippen molar-refractivity contribution in [3.05, 3.63) is 69.8 Å².